The highest BCUT2D eigenvalue weighted by atomic mass is 32.2. The Morgan fingerprint density at radius 3 is 2.68 bits per heavy atom. The zero-order valence-corrected chi connectivity index (χ0v) is 14.6. The van der Waals surface area contributed by atoms with Crippen molar-refractivity contribution >= 4 is 27.3 Å². The van der Waals surface area contributed by atoms with Gasteiger partial charge in [-0.3, -0.25) is 9.52 Å². The Kier molecular flexibility index (Phi) is 4.76. The Balaban J connectivity index is 1.80. The van der Waals surface area contributed by atoms with Crippen molar-refractivity contribution in [3.05, 3.63) is 59.4 Å². The maximum Gasteiger partial charge on any atom is 0.236 e. The maximum absolute atomic E-state index is 13.2. The molecule has 0 spiro atoms. The minimum absolute atomic E-state index is 0.0782. The highest BCUT2D eigenvalue weighted by molar-refractivity contribution is 7.91. The molecule has 0 atom stereocenters. The van der Waals surface area contributed by atoms with Gasteiger partial charge < -0.3 is 4.90 Å². The molecule has 25 heavy (non-hydrogen) atoms. The van der Waals surface area contributed by atoms with Crippen LogP contribution < -0.4 is 9.62 Å². The average molecular weight is 362 g/mol. The van der Waals surface area contributed by atoms with Crippen molar-refractivity contribution in [3.8, 4) is 0 Å². The van der Waals surface area contributed by atoms with Crippen LogP contribution in [0.1, 0.15) is 24.5 Å². The van der Waals surface area contributed by atoms with Gasteiger partial charge in [0.15, 0.2) is 0 Å². The van der Waals surface area contributed by atoms with E-state index in [2.05, 4.69) is 4.72 Å². The summed E-state index contributed by atoms with van der Waals surface area (Å²) in [7, 11) is -3.66. The number of nitrogens with one attached hydrogen (secondary N) is 1. The molecule has 0 radical (unpaired) electrons. The van der Waals surface area contributed by atoms with Crippen molar-refractivity contribution in [2.24, 2.45) is 0 Å². The number of sulfonamides is 1. The van der Waals surface area contributed by atoms with Crippen LogP contribution in [0, 0.1) is 5.82 Å². The van der Waals surface area contributed by atoms with Gasteiger partial charge in [0, 0.05) is 24.3 Å². The summed E-state index contributed by atoms with van der Waals surface area (Å²) >= 11 is 0. The van der Waals surface area contributed by atoms with Crippen LogP contribution in [0.25, 0.3) is 0 Å². The lowest BCUT2D eigenvalue weighted by atomic mass is 10.0. The van der Waals surface area contributed by atoms with Gasteiger partial charge in [-0.25, -0.2) is 12.8 Å². The molecule has 0 saturated heterocycles. The summed E-state index contributed by atoms with van der Waals surface area (Å²) in [5.74, 6) is -0.693. The molecule has 0 aromatic heterocycles. The number of aryl methyl sites for hydroxylation is 1. The predicted octanol–water partition coefficient (Wildman–Crippen LogP) is 3.07. The van der Waals surface area contributed by atoms with Crippen LogP contribution in [0.5, 0.6) is 0 Å². The number of amides is 1. The van der Waals surface area contributed by atoms with Crippen LogP contribution in [0.4, 0.5) is 15.8 Å². The number of halogens is 1. The molecule has 0 saturated carbocycles. The number of carbonyl (C=O) groups excluding carboxylic acids is 1. The highest BCUT2D eigenvalue weighted by Gasteiger charge is 2.23. The molecule has 7 heteroatoms. The molecule has 1 heterocycles. The number of fused-ring (bicyclic) bond motifs is 1. The van der Waals surface area contributed by atoms with Gasteiger partial charge in [0.1, 0.15) is 5.82 Å². The van der Waals surface area contributed by atoms with Crippen molar-refractivity contribution in [1.29, 1.82) is 0 Å². The van der Waals surface area contributed by atoms with Crippen LogP contribution in [0.3, 0.4) is 0 Å². The molecule has 132 valence electrons. The molecule has 0 aliphatic carbocycles. The van der Waals surface area contributed by atoms with Crippen LogP contribution in [-0.2, 0) is 27.0 Å². The van der Waals surface area contributed by atoms with Gasteiger partial charge in [0.2, 0.25) is 15.9 Å². The van der Waals surface area contributed by atoms with Crippen LogP contribution in [-0.4, -0.2) is 20.9 Å². The molecular formula is C18H19FN2O3S. The first kappa shape index (κ1) is 17.4. The van der Waals surface area contributed by atoms with Crippen molar-refractivity contribution in [1.82, 2.24) is 0 Å². The molecule has 1 aliphatic heterocycles. The molecular weight excluding hydrogens is 343 g/mol. The predicted molar refractivity (Wildman–Crippen MR) is 95.4 cm³/mol. The van der Waals surface area contributed by atoms with Crippen LogP contribution in [0.15, 0.2) is 42.5 Å². The smallest absolute Gasteiger partial charge is 0.236 e. The lowest BCUT2D eigenvalue weighted by molar-refractivity contribution is -0.118. The molecule has 2 aromatic rings. The van der Waals surface area contributed by atoms with Crippen LogP contribution >= 0.6 is 0 Å². The number of hydrogen-bond donors (Lipinski definition) is 1. The largest absolute Gasteiger partial charge is 0.312 e. The Bertz CT molecular complexity index is 912. The summed E-state index contributed by atoms with van der Waals surface area (Å²) < 4.78 is 40.4. The lowest BCUT2D eigenvalue weighted by Gasteiger charge is -2.28. The standard InChI is InChI=1S/C18H19FN2O3S/c1-2-21-17-8-7-16(11-14(17)6-9-18(21)22)20-25(23,24)12-13-4-3-5-15(19)10-13/h3-5,7-8,10-11,20H,2,6,9,12H2,1H3. The fraction of sp³-hybridized carbons (Fsp3) is 0.278. The monoisotopic (exact) mass is 362 g/mol. The molecule has 1 N–H and O–H groups in total. The quantitative estimate of drug-likeness (QED) is 0.889. The SMILES string of the molecule is CCN1C(=O)CCc2cc(NS(=O)(=O)Cc3cccc(F)c3)ccc21. The Morgan fingerprint density at radius 2 is 1.96 bits per heavy atom. The van der Waals surface area contributed by atoms with E-state index < -0.39 is 15.8 Å². The fourth-order valence-corrected chi connectivity index (χ4v) is 4.21. The second kappa shape index (κ2) is 6.84. The van der Waals surface area contributed by atoms with Crippen molar-refractivity contribution in [2.75, 3.05) is 16.2 Å². The molecule has 0 unspecified atom stereocenters. The number of rotatable bonds is 5. The van der Waals surface area contributed by atoms with E-state index in [9.17, 15) is 17.6 Å². The van der Waals surface area contributed by atoms with E-state index in [1.54, 1.807) is 29.2 Å². The molecule has 1 amide bonds. The first-order chi connectivity index (χ1) is 11.9. The summed E-state index contributed by atoms with van der Waals surface area (Å²) in [4.78, 5) is 13.6. The molecule has 3 rings (SSSR count). The zero-order chi connectivity index (χ0) is 18.0. The maximum atomic E-state index is 13.2. The molecule has 0 fully saturated rings. The van der Waals surface area contributed by atoms with Gasteiger partial charge in [-0.2, -0.15) is 0 Å². The number of carbonyl (C=O) groups is 1. The highest BCUT2D eigenvalue weighted by Crippen LogP contribution is 2.30. The molecule has 2 aromatic carbocycles. The summed E-state index contributed by atoms with van der Waals surface area (Å²) in [5, 5.41) is 0. The first-order valence-electron chi connectivity index (χ1n) is 8.06. The Hall–Kier alpha value is -2.41. The Morgan fingerprint density at radius 1 is 1.16 bits per heavy atom. The molecule has 5 nitrogen and oxygen atoms in total. The van der Waals surface area contributed by atoms with Crippen molar-refractivity contribution in [2.45, 2.75) is 25.5 Å². The number of benzene rings is 2. The van der Waals surface area contributed by atoms with Crippen molar-refractivity contribution < 1.29 is 17.6 Å². The van der Waals surface area contributed by atoms with E-state index in [1.165, 1.54) is 18.2 Å². The minimum Gasteiger partial charge on any atom is -0.312 e. The van der Waals surface area contributed by atoms with E-state index in [-0.39, 0.29) is 11.7 Å². The number of anilines is 2. The third kappa shape index (κ3) is 3.99. The van der Waals surface area contributed by atoms with Gasteiger partial charge in [-0.05, 0) is 54.8 Å². The van der Waals surface area contributed by atoms with E-state index >= 15 is 0 Å². The Labute approximate surface area is 146 Å². The summed E-state index contributed by atoms with van der Waals surface area (Å²) in [6.45, 7) is 2.49. The van der Waals surface area contributed by atoms with Crippen LogP contribution in [0.2, 0.25) is 0 Å². The fourth-order valence-electron chi connectivity index (χ4n) is 3.03. The summed E-state index contributed by atoms with van der Waals surface area (Å²) in [6.07, 6.45) is 1.00. The van der Waals surface area contributed by atoms with E-state index in [4.69, 9.17) is 0 Å². The number of hydrogen-bond acceptors (Lipinski definition) is 3. The summed E-state index contributed by atoms with van der Waals surface area (Å²) in [5.41, 5.74) is 2.59. The van der Waals surface area contributed by atoms with Gasteiger partial charge in [-0.15, -0.1) is 0 Å². The second-order valence-electron chi connectivity index (χ2n) is 5.97. The normalized spacial score (nSPS) is 14.3. The van der Waals surface area contributed by atoms with E-state index in [0.29, 0.717) is 30.6 Å². The lowest BCUT2D eigenvalue weighted by Crippen LogP contribution is -2.34. The van der Waals surface area contributed by atoms with Crippen molar-refractivity contribution in [3.63, 3.8) is 0 Å². The minimum atomic E-state index is -3.66. The number of nitrogens with zero attached hydrogens (tertiary/aromatic N) is 1. The second-order valence-corrected chi connectivity index (χ2v) is 7.69. The van der Waals surface area contributed by atoms with Gasteiger partial charge in [-0.1, -0.05) is 12.1 Å². The molecule has 1 aliphatic rings. The molecule has 0 bridgehead atoms. The average Bonchev–Trinajstić information content (AvgIpc) is 2.54. The van der Waals surface area contributed by atoms with E-state index in [0.717, 1.165) is 11.3 Å². The van der Waals surface area contributed by atoms with Gasteiger partial charge in [0.25, 0.3) is 0 Å². The van der Waals surface area contributed by atoms with E-state index in [1.807, 2.05) is 6.92 Å². The topological polar surface area (TPSA) is 66.5 Å². The summed E-state index contributed by atoms with van der Waals surface area (Å²) in [6, 6.07) is 10.7. The van der Waals surface area contributed by atoms with Gasteiger partial charge in [0.05, 0.1) is 5.75 Å². The van der Waals surface area contributed by atoms with Gasteiger partial charge >= 0.3 is 0 Å². The third-order valence-corrected chi connectivity index (χ3v) is 5.37. The zero-order valence-electron chi connectivity index (χ0n) is 13.8. The third-order valence-electron chi connectivity index (χ3n) is 4.11. The first-order valence-corrected chi connectivity index (χ1v) is 9.71.